The van der Waals surface area contributed by atoms with Gasteiger partial charge in [0.2, 0.25) is 0 Å². The molecule has 0 radical (unpaired) electrons. The summed E-state index contributed by atoms with van der Waals surface area (Å²) in [7, 11) is 0. The Bertz CT molecular complexity index is 708. The van der Waals surface area contributed by atoms with Crippen LogP contribution in [0.15, 0.2) is 45.9 Å². The summed E-state index contributed by atoms with van der Waals surface area (Å²) in [6.07, 6.45) is 1.17. The van der Waals surface area contributed by atoms with Gasteiger partial charge in [0.05, 0.1) is 12.3 Å². The summed E-state index contributed by atoms with van der Waals surface area (Å²) in [6.45, 7) is 1.68. The first-order valence-electron chi connectivity index (χ1n) is 6.31. The maximum Gasteiger partial charge on any atom is 0.433 e. The minimum absolute atomic E-state index is 0.159. The van der Waals surface area contributed by atoms with Crippen LogP contribution in [0, 0.1) is 17.0 Å². The Morgan fingerprint density at radius 3 is 2.86 bits per heavy atom. The lowest BCUT2D eigenvalue weighted by Crippen LogP contribution is -2.24. The number of carbonyl (C=O) groups excluding carboxylic acids is 1. The molecule has 2 rings (SSSR count). The predicted octanol–water partition coefficient (Wildman–Crippen LogP) is 2.03. The number of hydrogen-bond acceptors (Lipinski definition) is 6. The van der Waals surface area contributed by atoms with E-state index in [1.807, 2.05) is 25.1 Å². The summed E-state index contributed by atoms with van der Waals surface area (Å²) in [5, 5.41) is 14.1. The molecule has 0 fully saturated rings. The lowest BCUT2D eigenvalue weighted by Gasteiger charge is -2.07. The van der Waals surface area contributed by atoms with Crippen molar-refractivity contribution in [2.75, 3.05) is 6.61 Å². The largest absolute Gasteiger partial charge is 0.483 e. The van der Waals surface area contributed by atoms with Crippen LogP contribution in [-0.2, 0) is 4.79 Å². The molecule has 0 aliphatic carbocycles. The number of para-hydroxylation sites is 1. The molecule has 1 N–H and O–H groups in total. The number of hydrogen-bond donors (Lipinski definition) is 1. The van der Waals surface area contributed by atoms with E-state index in [2.05, 4.69) is 10.5 Å². The van der Waals surface area contributed by atoms with Crippen LogP contribution in [0.2, 0.25) is 0 Å². The number of nitro groups is 1. The summed E-state index contributed by atoms with van der Waals surface area (Å²) < 4.78 is 10.2. The Morgan fingerprint density at radius 2 is 2.18 bits per heavy atom. The van der Waals surface area contributed by atoms with Crippen molar-refractivity contribution >= 4 is 18.0 Å². The van der Waals surface area contributed by atoms with Crippen molar-refractivity contribution in [3.63, 3.8) is 0 Å². The van der Waals surface area contributed by atoms with E-state index in [1.165, 1.54) is 18.3 Å². The SMILES string of the molecule is Cc1ccccc1OCC(=O)N/N=C\c1ccc([N+](=O)[O-])o1. The van der Waals surface area contributed by atoms with Gasteiger partial charge in [-0.2, -0.15) is 5.10 Å². The van der Waals surface area contributed by atoms with Crippen LogP contribution in [0.1, 0.15) is 11.3 Å². The zero-order chi connectivity index (χ0) is 15.9. The van der Waals surface area contributed by atoms with Gasteiger partial charge in [0, 0.05) is 0 Å². The zero-order valence-electron chi connectivity index (χ0n) is 11.7. The van der Waals surface area contributed by atoms with Crippen molar-refractivity contribution in [1.29, 1.82) is 0 Å². The zero-order valence-corrected chi connectivity index (χ0v) is 11.7. The van der Waals surface area contributed by atoms with Crippen LogP contribution < -0.4 is 10.2 Å². The van der Waals surface area contributed by atoms with Gasteiger partial charge in [-0.25, -0.2) is 5.43 Å². The van der Waals surface area contributed by atoms with Crippen molar-refractivity contribution in [1.82, 2.24) is 5.43 Å². The van der Waals surface area contributed by atoms with Crippen LogP contribution in [0.4, 0.5) is 5.88 Å². The molecule has 0 aliphatic heterocycles. The van der Waals surface area contributed by atoms with Gasteiger partial charge < -0.3 is 9.15 Å². The number of furan rings is 1. The molecule has 1 heterocycles. The van der Waals surface area contributed by atoms with E-state index in [4.69, 9.17) is 9.15 Å². The third-order valence-electron chi connectivity index (χ3n) is 2.63. The molecule has 0 atom stereocenters. The number of nitrogens with zero attached hydrogens (tertiary/aromatic N) is 2. The lowest BCUT2D eigenvalue weighted by molar-refractivity contribution is -0.402. The maximum atomic E-state index is 11.5. The monoisotopic (exact) mass is 303 g/mol. The van der Waals surface area contributed by atoms with Gasteiger partial charge in [0.1, 0.15) is 10.7 Å². The van der Waals surface area contributed by atoms with Crippen molar-refractivity contribution in [2.45, 2.75) is 6.92 Å². The van der Waals surface area contributed by atoms with Gasteiger partial charge in [0.25, 0.3) is 5.91 Å². The average molecular weight is 303 g/mol. The van der Waals surface area contributed by atoms with Gasteiger partial charge in [-0.1, -0.05) is 18.2 Å². The first kappa shape index (κ1) is 15.2. The molecule has 22 heavy (non-hydrogen) atoms. The molecule has 2 aromatic rings. The van der Waals surface area contributed by atoms with E-state index in [1.54, 1.807) is 6.07 Å². The van der Waals surface area contributed by atoms with Gasteiger partial charge in [0.15, 0.2) is 12.4 Å². The van der Waals surface area contributed by atoms with Crippen molar-refractivity contribution in [2.24, 2.45) is 5.10 Å². The molecule has 0 aliphatic rings. The number of nitrogens with one attached hydrogen (secondary N) is 1. The molecule has 1 amide bonds. The number of rotatable bonds is 6. The van der Waals surface area contributed by atoms with Crippen LogP contribution >= 0.6 is 0 Å². The van der Waals surface area contributed by atoms with Gasteiger partial charge in [-0.05, 0) is 24.6 Å². The fourth-order valence-corrected chi connectivity index (χ4v) is 1.57. The normalized spacial score (nSPS) is 10.6. The predicted molar refractivity (Wildman–Crippen MR) is 77.8 cm³/mol. The standard InChI is InChI=1S/C14H13N3O5/c1-10-4-2-3-5-12(10)21-9-13(18)16-15-8-11-6-7-14(22-11)17(19)20/h2-8H,9H2,1H3,(H,16,18)/b15-8-. The number of amides is 1. The molecule has 0 saturated heterocycles. The summed E-state index contributed by atoms with van der Waals surface area (Å²) in [5.41, 5.74) is 3.15. The molecule has 0 unspecified atom stereocenters. The number of ether oxygens (including phenoxy) is 1. The molecular weight excluding hydrogens is 290 g/mol. The molecular formula is C14H13N3O5. The Hall–Kier alpha value is -3.16. The molecule has 8 nitrogen and oxygen atoms in total. The van der Waals surface area contributed by atoms with E-state index in [-0.39, 0.29) is 12.4 Å². The summed E-state index contributed by atoms with van der Waals surface area (Å²) in [6, 6.07) is 9.88. The fraction of sp³-hybridized carbons (Fsp3) is 0.143. The topological polar surface area (TPSA) is 107 Å². The number of aryl methyl sites for hydroxylation is 1. The van der Waals surface area contributed by atoms with E-state index in [9.17, 15) is 14.9 Å². The Labute approximate surface area is 125 Å². The fourth-order valence-electron chi connectivity index (χ4n) is 1.57. The van der Waals surface area contributed by atoms with E-state index in [0.717, 1.165) is 5.56 Å². The summed E-state index contributed by atoms with van der Waals surface area (Å²) >= 11 is 0. The number of carbonyl (C=O) groups is 1. The number of benzene rings is 1. The second-order valence-electron chi connectivity index (χ2n) is 4.28. The average Bonchev–Trinajstić information content (AvgIpc) is 2.95. The second kappa shape index (κ2) is 7.02. The third kappa shape index (κ3) is 4.17. The Morgan fingerprint density at radius 1 is 1.41 bits per heavy atom. The highest BCUT2D eigenvalue weighted by atomic mass is 16.6. The molecule has 0 saturated carbocycles. The first-order valence-corrected chi connectivity index (χ1v) is 6.31. The Kier molecular flexibility index (Phi) is 4.86. The molecule has 1 aromatic carbocycles. The lowest BCUT2D eigenvalue weighted by atomic mass is 10.2. The molecule has 8 heteroatoms. The van der Waals surface area contributed by atoms with Gasteiger partial charge in [-0.15, -0.1) is 0 Å². The van der Waals surface area contributed by atoms with Crippen molar-refractivity contribution < 1.29 is 18.9 Å². The molecule has 0 bridgehead atoms. The van der Waals surface area contributed by atoms with E-state index in [0.29, 0.717) is 5.75 Å². The minimum Gasteiger partial charge on any atom is -0.483 e. The van der Waals surface area contributed by atoms with Crippen molar-refractivity contribution in [3.05, 3.63) is 57.8 Å². The highest BCUT2D eigenvalue weighted by Crippen LogP contribution is 2.15. The number of hydrazone groups is 1. The molecule has 114 valence electrons. The van der Waals surface area contributed by atoms with Crippen LogP contribution in [0.25, 0.3) is 0 Å². The maximum absolute atomic E-state index is 11.5. The van der Waals surface area contributed by atoms with E-state index < -0.39 is 16.7 Å². The quantitative estimate of drug-likeness (QED) is 0.499. The van der Waals surface area contributed by atoms with Gasteiger partial charge in [-0.3, -0.25) is 14.9 Å². The minimum atomic E-state index is -0.661. The first-order chi connectivity index (χ1) is 10.6. The van der Waals surface area contributed by atoms with Crippen LogP contribution in [-0.4, -0.2) is 23.7 Å². The smallest absolute Gasteiger partial charge is 0.433 e. The highest BCUT2D eigenvalue weighted by Gasteiger charge is 2.10. The summed E-state index contributed by atoms with van der Waals surface area (Å²) in [4.78, 5) is 21.3. The molecule has 0 spiro atoms. The van der Waals surface area contributed by atoms with E-state index >= 15 is 0 Å². The second-order valence-corrected chi connectivity index (χ2v) is 4.28. The van der Waals surface area contributed by atoms with Crippen molar-refractivity contribution in [3.8, 4) is 5.75 Å². The van der Waals surface area contributed by atoms with Crippen LogP contribution in [0.5, 0.6) is 5.75 Å². The third-order valence-corrected chi connectivity index (χ3v) is 2.63. The highest BCUT2D eigenvalue weighted by molar-refractivity contribution is 5.81. The molecule has 1 aromatic heterocycles. The van der Waals surface area contributed by atoms with Gasteiger partial charge >= 0.3 is 5.88 Å². The van der Waals surface area contributed by atoms with Crippen LogP contribution in [0.3, 0.4) is 0 Å². The summed E-state index contributed by atoms with van der Waals surface area (Å²) in [5.74, 6) is -0.0775. The Balaban J connectivity index is 1.81.